The summed E-state index contributed by atoms with van der Waals surface area (Å²) in [5, 5.41) is 12.6. The molecule has 4 heterocycles. The van der Waals surface area contributed by atoms with Crippen LogP contribution in [0.3, 0.4) is 0 Å². The highest BCUT2D eigenvalue weighted by molar-refractivity contribution is 8.00. The summed E-state index contributed by atoms with van der Waals surface area (Å²) in [4.78, 5) is 23.3. The van der Waals surface area contributed by atoms with Crippen molar-refractivity contribution in [2.45, 2.75) is 10.1 Å². The van der Waals surface area contributed by atoms with Crippen LogP contribution >= 0.6 is 46.0 Å². The van der Waals surface area contributed by atoms with Gasteiger partial charge in [-0.1, -0.05) is 52.9 Å². The van der Waals surface area contributed by atoms with Crippen LogP contribution < -0.4 is 10.5 Å². The molecule has 4 aromatic rings. The Balaban J connectivity index is 1.36. The molecule has 0 saturated carbocycles. The Bertz CT molecular complexity index is 1250. The van der Waals surface area contributed by atoms with Gasteiger partial charge in [-0.3, -0.25) is 4.79 Å². The predicted octanol–water partition coefficient (Wildman–Crippen LogP) is 4.29. The lowest BCUT2D eigenvalue weighted by Gasteiger charge is -2.25. The van der Waals surface area contributed by atoms with E-state index in [0.29, 0.717) is 40.0 Å². The molecule has 7 nitrogen and oxygen atoms in total. The number of halogens is 1. The summed E-state index contributed by atoms with van der Waals surface area (Å²) < 4.78 is 6.23. The molecule has 1 N–H and O–H groups in total. The first-order valence-corrected chi connectivity index (χ1v) is 12.3. The summed E-state index contributed by atoms with van der Waals surface area (Å²) in [6.07, 6.45) is 0. The lowest BCUT2D eigenvalue weighted by atomic mass is 10.1. The Kier molecular flexibility index (Phi) is 5.74. The molecule has 0 amide bonds. The molecule has 0 spiro atoms. The minimum Gasteiger partial charge on any atom is -0.378 e. The molecule has 11 heteroatoms. The Morgan fingerprint density at radius 1 is 1.20 bits per heavy atom. The van der Waals surface area contributed by atoms with Crippen molar-refractivity contribution in [3.8, 4) is 11.1 Å². The Morgan fingerprint density at radius 2 is 2.03 bits per heavy atom. The Hall–Kier alpha value is -1.98. The predicted molar refractivity (Wildman–Crippen MR) is 123 cm³/mol. The third-order valence-electron chi connectivity index (χ3n) is 4.67. The summed E-state index contributed by atoms with van der Waals surface area (Å²) in [6.45, 7) is 3.09. The molecule has 1 aliphatic heterocycles. The van der Waals surface area contributed by atoms with Crippen LogP contribution in [0.25, 0.3) is 21.3 Å². The number of benzene rings is 1. The van der Waals surface area contributed by atoms with Crippen LogP contribution in [0.15, 0.2) is 38.8 Å². The molecular formula is C19H16ClN5O2S3. The fourth-order valence-corrected chi connectivity index (χ4v) is 6.17. The number of nitrogens with one attached hydrogen (secondary N) is 1. The van der Waals surface area contributed by atoms with Gasteiger partial charge < -0.3 is 14.6 Å². The summed E-state index contributed by atoms with van der Waals surface area (Å²) in [6, 6.07) is 7.51. The minimum absolute atomic E-state index is 0.155. The number of thiophene rings is 1. The van der Waals surface area contributed by atoms with Crippen molar-refractivity contribution in [2.75, 3.05) is 31.2 Å². The molecule has 0 aliphatic carbocycles. The number of anilines is 1. The van der Waals surface area contributed by atoms with Crippen LogP contribution in [-0.4, -0.2) is 46.5 Å². The summed E-state index contributed by atoms with van der Waals surface area (Å²) in [5.74, 6) is 1.13. The second-order valence-corrected chi connectivity index (χ2v) is 10.0. The first-order chi connectivity index (χ1) is 14.7. The van der Waals surface area contributed by atoms with Gasteiger partial charge in [-0.25, -0.2) is 4.98 Å². The third kappa shape index (κ3) is 3.97. The monoisotopic (exact) mass is 477 g/mol. The Morgan fingerprint density at radius 3 is 2.87 bits per heavy atom. The van der Waals surface area contributed by atoms with Gasteiger partial charge in [0.15, 0.2) is 4.34 Å². The highest BCUT2D eigenvalue weighted by atomic mass is 35.5. The molecule has 154 valence electrons. The maximum atomic E-state index is 12.8. The Labute approximate surface area is 189 Å². The number of aromatic amines is 1. The number of morpholine rings is 1. The van der Waals surface area contributed by atoms with E-state index in [4.69, 9.17) is 16.3 Å². The van der Waals surface area contributed by atoms with E-state index in [1.807, 2.05) is 29.6 Å². The molecule has 1 fully saturated rings. The zero-order valence-electron chi connectivity index (χ0n) is 15.6. The number of hydrogen-bond acceptors (Lipinski definition) is 9. The van der Waals surface area contributed by atoms with Crippen LogP contribution in [0.5, 0.6) is 0 Å². The van der Waals surface area contributed by atoms with Crippen LogP contribution in [0, 0.1) is 0 Å². The van der Waals surface area contributed by atoms with E-state index in [1.54, 1.807) is 11.3 Å². The van der Waals surface area contributed by atoms with E-state index in [9.17, 15) is 4.79 Å². The van der Waals surface area contributed by atoms with E-state index < -0.39 is 0 Å². The van der Waals surface area contributed by atoms with Gasteiger partial charge in [0.05, 0.1) is 24.4 Å². The van der Waals surface area contributed by atoms with E-state index in [1.165, 1.54) is 23.1 Å². The van der Waals surface area contributed by atoms with Crippen molar-refractivity contribution in [1.82, 2.24) is 20.2 Å². The summed E-state index contributed by atoms with van der Waals surface area (Å²) in [5.41, 5.74) is 1.50. The standard InChI is InChI=1S/C19H16ClN5O2S3/c20-13-4-2-1-3-11(13)12-9-28-17-15(12)16(26)21-14(22-17)10-29-19-24-23-18(30-19)25-5-7-27-8-6-25/h1-4,9H,5-8,10H2,(H,21,22,26). The van der Waals surface area contributed by atoms with Gasteiger partial charge in [0, 0.05) is 34.6 Å². The number of aromatic nitrogens is 4. The first-order valence-electron chi connectivity index (χ1n) is 9.23. The third-order valence-corrected chi connectivity index (χ3v) is 8.00. The van der Waals surface area contributed by atoms with Crippen LogP contribution in [-0.2, 0) is 10.5 Å². The van der Waals surface area contributed by atoms with Gasteiger partial charge in [0.2, 0.25) is 5.13 Å². The number of hydrogen-bond donors (Lipinski definition) is 1. The van der Waals surface area contributed by atoms with Crippen molar-refractivity contribution >= 4 is 61.4 Å². The van der Waals surface area contributed by atoms with Gasteiger partial charge in [-0.15, -0.1) is 21.5 Å². The van der Waals surface area contributed by atoms with Gasteiger partial charge in [-0.05, 0) is 6.07 Å². The van der Waals surface area contributed by atoms with Gasteiger partial charge in [0.1, 0.15) is 10.7 Å². The number of rotatable bonds is 5. The summed E-state index contributed by atoms with van der Waals surface area (Å²) >= 11 is 10.8. The van der Waals surface area contributed by atoms with Gasteiger partial charge in [-0.2, -0.15) is 0 Å². The number of nitrogens with zero attached hydrogens (tertiary/aromatic N) is 4. The van der Waals surface area contributed by atoms with Crippen LogP contribution in [0.1, 0.15) is 5.82 Å². The second kappa shape index (κ2) is 8.64. The number of fused-ring (bicyclic) bond motifs is 1. The molecule has 1 saturated heterocycles. The topological polar surface area (TPSA) is 84.0 Å². The van der Waals surface area contributed by atoms with Crippen molar-refractivity contribution in [3.63, 3.8) is 0 Å². The molecule has 0 bridgehead atoms. The minimum atomic E-state index is -0.155. The highest BCUT2D eigenvalue weighted by Gasteiger charge is 2.17. The molecule has 5 rings (SSSR count). The number of thioether (sulfide) groups is 1. The molecule has 0 radical (unpaired) electrons. The molecule has 1 aliphatic rings. The molecule has 30 heavy (non-hydrogen) atoms. The maximum absolute atomic E-state index is 12.8. The van der Waals surface area contributed by atoms with Crippen molar-refractivity contribution in [2.24, 2.45) is 0 Å². The van der Waals surface area contributed by atoms with Crippen molar-refractivity contribution < 1.29 is 4.74 Å². The van der Waals surface area contributed by atoms with Gasteiger partial charge >= 0.3 is 0 Å². The number of ether oxygens (including phenoxy) is 1. The quantitative estimate of drug-likeness (QED) is 0.429. The molecule has 3 aromatic heterocycles. The molecule has 0 unspecified atom stereocenters. The zero-order chi connectivity index (χ0) is 20.5. The number of H-pyrrole nitrogens is 1. The fourth-order valence-electron chi connectivity index (χ4n) is 3.21. The normalized spacial score (nSPS) is 14.5. The largest absolute Gasteiger partial charge is 0.378 e. The smallest absolute Gasteiger partial charge is 0.260 e. The van der Waals surface area contributed by atoms with Gasteiger partial charge in [0.25, 0.3) is 5.56 Å². The lowest BCUT2D eigenvalue weighted by molar-refractivity contribution is 0.122. The van der Waals surface area contributed by atoms with Crippen molar-refractivity contribution in [3.05, 3.63) is 50.8 Å². The lowest BCUT2D eigenvalue weighted by Crippen LogP contribution is -2.36. The fraction of sp³-hybridized carbons (Fsp3) is 0.263. The average Bonchev–Trinajstić information content (AvgIpc) is 3.41. The van der Waals surface area contributed by atoms with E-state index >= 15 is 0 Å². The van der Waals surface area contributed by atoms with E-state index in [2.05, 4.69) is 25.1 Å². The summed E-state index contributed by atoms with van der Waals surface area (Å²) in [7, 11) is 0. The second-order valence-electron chi connectivity index (χ2n) is 6.56. The molecular weight excluding hydrogens is 462 g/mol. The first kappa shape index (κ1) is 20.0. The van der Waals surface area contributed by atoms with Crippen LogP contribution in [0.4, 0.5) is 5.13 Å². The molecule has 0 atom stereocenters. The SMILES string of the molecule is O=c1[nH]c(CSc2nnc(N3CCOCC3)s2)nc2scc(-c3ccccc3Cl)c12. The van der Waals surface area contributed by atoms with Crippen LogP contribution in [0.2, 0.25) is 5.02 Å². The highest BCUT2D eigenvalue weighted by Crippen LogP contribution is 2.35. The van der Waals surface area contributed by atoms with E-state index in [0.717, 1.165) is 33.7 Å². The van der Waals surface area contributed by atoms with E-state index in [-0.39, 0.29) is 5.56 Å². The van der Waals surface area contributed by atoms with Crippen molar-refractivity contribution in [1.29, 1.82) is 0 Å². The molecule has 1 aromatic carbocycles. The zero-order valence-corrected chi connectivity index (χ0v) is 18.8. The average molecular weight is 478 g/mol. The maximum Gasteiger partial charge on any atom is 0.260 e.